The fourth-order valence-electron chi connectivity index (χ4n) is 5.84. The number of carbonyl (C=O) groups excluding carboxylic acids is 2. The maximum atomic E-state index is 13.6. The molecule has 41 heavy (non-hydrogen) atoms. The Morgan fingerprint density at radius 2 is 1.78 bits per heavy atom. The maximum absolute atomic E-state index is 13.6. The minimum absolute atomic E-state index is 0.104. The third-order valence-electron chi connectivity index (χ3n) is 8.13. The van der Waals surface area contributed by atoms with Gasteiger partial charge in [-0.3, -0.25) is 14.0 Å². The van der Waals surface area contributed by atoms with Crippen LogP contribution in [-0.2, 0) is 22.5 Å². The van der Waals surface area contributed by atoms with E-state index in [0.717, 1.165) is 31.2 Å². The molecular weight excluding hydrogens is 516 g/mol. The Hall–Kier alpha value is -4.07. The minimum atomic E-state index is -0.616. The van der Waals surface area contributed by atoms with Crippen LogP contribution in [0.3, 0.4) is 0 Å². The van der Waals surface area contributed by atoms with E-state index in [1.165, 1.54) is 29.7 Å². The number of nitrogens with zero attached hydrogens (tertiary/aromatic N) is 4. The zero-order valence-electron chi connectivity index (χ0n) is 23.9. The molecule has 1 amide bonds. The number of amides is 1. The fraction of sp³-hybridized carbons (Fsp3) is 0.424. The zero-order valence-corrected chi connectivity index (χ0v) is 23.9. The van der Waals surface area contributed by atoms with Gasteiger partial charge < -0.3 is 9.30 Å². The Morgan fingerprint density at radius 3 is 2.51 bits per heavy atom. The van der Waals surface area contributed by atoms with Gasteiger partial charge in [0, 0.05) is 18.7 Å². The second-order valence-electron chi connectivity index (χ2n) is 10.9. The van der Waals surface area contributed by atoms with Crippen LogP contribution in [0.15, 0.2) is 70.6 Å². The van der Waals surface area contributed by atoms with Crippen molar-refractivity contribution in [3.8, 4) is 0 Å². The monoisotopic (exact) mass is 554 g/mol. The first-order chi connectivity index (χ1) is 20.0. The van der Waals surface area contributed by atoms with E-state index in [-0.39, 0.29) is 40.4 Å². The lowest BCUT2D eigenvalue weighted by atomic mass is 9.79. The van der Waals surface area contributed by atoms with Crippen LogP contribution in [0.2, 0.25) is 0 Å². The maximum Gasteiger partial charge on any atom is 0.341 e. The van der Waals surface area contributed by atoms with Crippen LogP contribution in [0.1, 0.15) is 74.7 Å². The molecule has 0 aliphatic heterocycles. The topological polar surface area (TPSA) is 95.0 Å². The van der Waals surface area contributed by atoms with Crippen molar-refractivity contribution in [3.63, 3.8) is 0 Å². The molecule has 8 heteroatoms. The summed E-state index contributed by atoms with van der Waals surface area (Å²) in [5, 5.41) is 0.271. The van der Waals surface area contributed by atoms with Crippen molar-refractivity contribution in [2.75, 3.05) is 6.61 Å². The molecule has 1 aliphatic carbocycles. The number of aryl methyl sites for hydroxylation is 2. The molecule has 0 spiro atoms. The van der Waals surface area contributed by atoms with Crippen molar-refractivity contribution in [3.05, 3.63) is 87.8 Å². The fourth-order valence-corrected chi connectivity index (χ4v) is 5.84. The average molecular weight is 555 g/mol. The van der Waals surface area contributed by atoms with Crippen LogP contribution in [0.25, 0.3) is 16.7 Å². The van der Waals surface area contributed by atoms with Gasteiger partial charge in [-0.15, -0.1) is 0 Å². The zero-order chi connectivity index (χ0) is 28.8. The predicted molar refractivity (Wildman–Crippen MR) is 159 cm³/mol. The van der Waals surface area contributed by atoms with Gasteiger partial charge in [-0.05, 0) is 68.7 Å². The Balaban J connectivity index is 1.66. The number of benzene rings is 1. The first kappa shape index (κ1) is 28.5. The molecule has 1 aliphatic rings. The third kappa shape index (κ3) is 6.32. The molecule has 3 aromatic heterocycles. The van der Waals surface area contributed by atoms with Gasteiger partial charge in [0.1, 0.15) is 16.9 Å². The van der Waals surface area contributed by atoms with Gasteiger partial charge >= 0.3 is 5.97 Å². The second kappa shape index (κ2) is 13.1. The van der Waals surface area contributed by atoms with E-state index >= 15 is 0 Å². The Kier molecular flexibility index (Phi) is 9.07. The van der Waals surface area contributed by atoms with Crippen LogP contribution in [-0.4, -0.2) is 32.4 Å². The molecule has 0 bridgehead atoms. The number of unbranched alkanes of at least 4 members (excludes halogenated alkanes) is 1. The molecule has 0 radical (unpaired) electrons. The van der Waals surface area contributed by atoms with Gasteiger partial charge in [0.2, 0.25) is 0 Å². The summed E-state index contributed by atoms with van der Waals surface area (Å²) in [6.07, 6.45) is 9.50. The molecule has 3 heterocycles. The van der Waals surface area contributed by atoms with Crippen LogP contribution in [0.4, 0.5) is 0 Å². The van der Waals surface area contributed by atoms with Crippen molar-refractivity contribution in [2.45, 2.75) is 71.8 Å². The van der Waals surface area contributed by atoms with Gasteiger partial charge in [0.05, 0.1) is 12.0 Å². The normalized spacial score (nSPS) is 17.7. The molecule has 1 saturated carbocycles. The van der Waals surface area contributed by atoms with Crippen molar-refractivity contribution in [2.24, 2.45) is 16.8 Å². The number of fused-ring (bicyclic) bond motifs is 2. The number of ether oxygens (including phenoxy) is 1. The first-order valence-electron chi connectivity index (χ1n) is 14.8. The van der Waals surface area contributed by atoms with Crippen molar-refractivity contribution >= 4 is 28.6 Å². The van der Waals surface area contributed by atoms with Crippen molar-refractivity contribution < 1.29 is 14.3 Å². The van der Waals surface area contributed by atoms with Gasteiger partial charge in [0.25, 0.3) is 11.5 Å². The first-order valence-corrected chi connectivity index (χ1v) is 14.8. The third-order valence-corrected chi connectivity index (χ3v) is 8.13. The minimum Gasteiger partial charge on any atom is -0.462 e. The summed E-state index contributed by atoms with van der Waals surface area (Å²) < 4.78 is 8.60. The van der Waals surface area contributed by atoms with Crippen LogP contribution in [0.5, 0.6) is 0 Å². The second-order valence-corrected chi connectivity index (χ2v) is 10.9. The molecular formula is C33H38N4O4. The quantitative estimate of drug-likeness (QED) is 0.201. The van der Waals surface area contributed by atoms with E-state index in [4.69, 9.17) is 9.72 Å². The van der Waals surface area contributed by atoms with Gasteiger partial charge in [-0.2, -0.15) is 4.99 Å². The van der Waals surface area contributed by atoms with E-state index < -0.39 is 5.97 Å². The molecule has 0 N–H and O–H groups in total. The summed E-state index contributed by atoms with van der Waals surface area (Å²) in [7, 11) is 0. The average Bonchev–Trinajstić information content (AvgIpc) is 3.00. The number of hydrogen-bond acceptors (Lipinski definition) is 5. The molecule has 4 aromatic rings. The molecule has 1 aromatic carbocycles. The van der Waals surface area contributed by atoms with E-state index in [9.17, 15) is 14.4 Å². The lowest BCUT2D eigenvalue weighted by Gasteiger charge is -2.26. The van der Waals surface area contributed by atoms with Crippen LogP contribution < -0.4 is 11.0 Å². The largest absolute Gasteiger partial charge is 0.462 e. The number of rotatable bonds is 9. The summed E-state index contributed by atoms with van der Waals surface area (Å²) in [5.74, 6) is -0.363. The van der Waals surface area contributed by atoms with E-state index in [1.54, 1.807) is 29.8 Å². The lowest BCUT2D eigenvalue weighted by Crippen LogP contribution is -2.34. The number of pyridine rings is 2. The standard InChI is InChI=1S/C33H38N4O4/c1-3-5-11-24-15-17-25(18-16-24)31(38)35-30-27(33(40)41-4-2)22-26-29(34-28-14-9-10-20-36(28)32(26)39)37(30)21-19-23-12-7-6-8-13-23/h6-10,12-14,20,22,24-25H,3-5,11,15-19,21H2,1-2H3. The smallest absolute Gasteiger partial charge is 0.341 e. The van der Waals surface area contributed by atoms with Crippen LogP contribution >= 0.6 is 0 Å². The number of esters is 1. The highest BCUT2D eigenvalue weighted by molar-refractivity contribution is 5.94. The highest BCUT2D eigenvalue weighted by atomic mass is 16.5. The molecule has 5 rings (SSSR count). The molecule has 0 unspecified atom stereocenters. The molecule has 1 fully saturated rings. The van der Waals surface area contributed by atoms with E-state index in [2.05, 4.69) is 11.9 Å². The molecule has 0 saturated heterocycles. The summed E-state index contributed by atoms with van der Waals surface area (Å²) in [5.41, 5.74) is 1.96. The highest BCUT2D eigenvalue weighted by Crippen LogP contribution is 2.32. The van der Waals surface area contributed by atoms with E-state index in [0.29, 0.717) is 30.2 Å². The number of aromatic nitrogens is 3. The summed E-state index contributed by atoms with van der Waals surface area (Å²) in [4.78, 5) is 50.0. The summed E-state index contributed by atoms with van der Waals surface area (Å²) in [6, 6.07) is 16.8. The van der Waals surface area contributed by atoms with Crippen molar-refractivity contribution in [1.29, 1.82) is 0 Å². The molecule has 0 atom stereocenters. The highest BCUT2D eigenvalue weighted by Gasteiger charge is 2.27. The Labute approximate surface area is 239 Å². The Morgan fingerprint density at radius 1 is 1.02 bits per heavy atom. The van der Waals surface area contributed by atoms with Crippen molar-refractivity contribution in [1.82, 2.24) is 14.0 Å². The lowest BCUT2D eigenvalue weighted by molar-refractivity contribution is -0.123. The number of hydrogen-bond donors (Lipinski definition) is 0. The van der Waals surface area contributed by atoms with Crippen LogP contribution in [0, 0.1) is 11.8 Å². The SMILES string of the molecule is CCCCC1CCC(C(=O)N=c2c(C(=O)OCC)cc3c(=O)n4ccccc4nc3n2CCc2ccccc2)CC1. The Bertz CT molecular complexity index is 1660. The predicted octanol–water partition coefficient (Wildman–Crippen LogP) is 5.49. The summed E-state index contributed by atoms with van der Waals surface area (Å²) in [6.45, 7) is 4.47. The number of carbonyl (C=O) groups is 2. The van der Waals surface area contributed by atoms with Gasteiger partial charge in [-0.1, -0.05) is 62.6 Å². The molecule has 8 nitrogen and oxygen atoms in total. The van der Waals surface area contributed by atoms with Gasteiger partial charge in [-0.25, -0.2) is 9.78 Å². The van der Waals surface area contributed by atoms with E-state index in [1.807, 2.05) is 36.4 Å². The van der Waals surface area contributed by atoms with Gasteiger partial charge in [0.15, 0.2) is 5.49 Å². The summed E-state index contributed by atoms with van der Waals surface area (Å²) >= 11 is 0. The molecule has 214 valence electrons.